The molecule has 63 heavy (non-hydrogen) atoms. The molecular formula is C48H50N4O10S. The molecule has 2 amide bonds. The standard InChI is InChI=1S/C48H50N4O10S/c1-6-36(53)51-35-18-20-45-19-9-23-50-25-22-47(35,48(45,50)61-39(56)27-45)31-26-32(42(60-38(55)7-2)43(59-5)41(31)51)46-21-24-49(4)33-16-17-37(54)52(44(33)46)40-30(46)10-8-11-34(40)62-63(57,58)29-14-12-28(3)13-15-29/h8,10-15,18,20,26,35H,6-7,9,16-17,19,21-25,27H2,1-5H3/t35-,45-,46-,47-,48+/m1/s1. The Hall–Kier alpha value is -5.67. The molecule has 5 atom stereocenters. The summed E-state index contributed by atoms with van der Waals surface area (Å²) >= 11 is 0. The van der Waals surface area contributed by atoms with Gasteiger partial charge in [0.15, 0.2) is 23.0 Å². The molecule has 0 saturated carbocycles. The maximum atomic E-state index is 14.6. The summed E-state index contributed by atoms with van der Waals surface area (Å²) in [6.07, 6.45) is 7.79. The number of anilines is 2. The fourth-order valence-electron chi connectivity index (χ4n) is 13.1. The maximum absolute atomic E-state index is 14.6. The third-order valence-electron chi connectivity index (χ3n) is 15.5. The Morgan fingerprint density at radius 1 is 0.905 bits per heavy atom. The van der Waals surface area contributed by atoms with Gasteiger partial charge >= 0.3 is 22.1 Å². The van der Waals surface area contributed by atoms with Crippen molar-refractivity contribution in [1.29, 1.82) is 0 Å². The second kappa shape index (κ2) is 13.4. The second-order valence-electron chi connectivity index (χ2n) is 18.3. The molecule has 0 aromatic heterocycles. The number of carbonyl (C=O) groups excluding carboxylic acids is 4. The van der Waals surface area contributed by atoms with Gasteiger partial charge in [0.25, 0.3) is 0 Å². The highest BCUT2D eigenvalue weighted by Crippen LogP contribution is 2.74. The van der Waals surface area contributed by atoms with Crippen LogP contribution in [0, 0.1) is 12.3 Å². The van der Waals surface area contributed by atoms with Gasteiger partial charge in [-0.25, -0.2) is 0 Å². The minimum absolute atomic E-state index is 0.0159. The summed E-state index contributed by atoms with van der Waals surface area (Å²) in [7, 11) is -0.887. The van der Waals surface area contributed by atoms with Crippen molar-refractivity contribution < 1.29 is 46.0 Å². The second-order valence-corrected chi connectivity index (χ2v) is 19.8. The van der Waals surface area contributed by atoms with E-state index >= 15 is 0 Å². The molecule has 1 aliphatic carbocycles. The number of carbonyl (C=O) groups is 4. The molecule has 3 saturated heterocycles. The van der Waals surface area contributed by atoms with Gasteiger partial charge in [-0.2, -0.15) is 8.42 Å². The normalized spacial score (nSPS) is 29.7. The van der Waals surface area contributed by atoms with E-state index < -0.39 is 44.1 Å². The molecule has 0 bridgehead atoms. The van der Waals surface area contributed by atoms with Crippen LogP contribution < -0.4 is 23.5 Å². The summed E-state index contributed by atoms with van der Waals surface area (Å²) in [6, 6.07) is 13.1. The predicted molar refractivity (Wildman–Crippen MR) is 230 cm³/mol. The van der Waals surface area contributed by atoms with Crippen LogP contribution in [0.2, 0.25) is 0 Å². The molecular weight excluding hydrogens is 825 g/mol. The van der Waals surface area contributed by atoms with Crippen molar-refractivity contribution in [2.75, 3.05) is 43.6 Å². The molecule has 328 valence electrons. The molecule has 8 aliphatic rings. The number of aryl methyl sites for hydroxylation is 1. The topological polar surface area (TPSA) is 152 Å². The van der Waals surface area contributed by atoms with E-state index in [1.807, 2.05) is 33.0 Å². The van der Waals surface area contributed by atoms with E-state index in [-0.39, 0.29) is 65.6 Å². The van der Waals surface area contributed by atoms with E-state index in [1.165, 1.54) is 19.2 Å². The highest BCUT2D eigenvalue weighted by molar-refractivity contribution is 7.87. The van der Waals surface area contributed by atoms with Crippen molar-refractivity contribution in [2.45, 2.75) is 106 Å². The van der Waals surface area contributed by atoms with Crippen molar-refractivity contribution in [3.63, 3.8) is 0 Å². The van der Waals surface area contributed by atoms with Crippen LogP contribution in [0.4, 0.5) is 11.4 Å². The number of methoxy groups -OCH3 is 1. The molecule has 3 fully saturated rings. The van der Waals surface area contributed by atoms with Crippen molar-refractivity contribution in [1.82, 2.24) is 9.80 Å². The largest absolute Gasteiger partial charge is 0.491 e. The zero-order valence-electron chi connectivity index (χ0n) is 36.1. The van der Waals surface area contributed by atoms with Gasteiger partial charge in [0.2, 0.25) is 11.8 Å². The lowest BCUT2D eigenvalue weighted by Gasteiger charge is -2.59. The zero-order valence-corrected chi connectivity index (χ0v) is 36.9. The lowest BCUT2D eigenvalue weighted by atomic mass is 9.53. The monoisotopic (exact) mass is 874 g/mol. The Morgan fingerprint density at radius 2 is 1.70 bits per heavy atom. The first-order chi connectivity index (χ1) is 30.2. The summed E-state index contributed by atoms with van der Waals surface area (Å²) in [6.45, 7) is 7.25. The van der Waals surface area contributed by atoms with E-state index in [9.17, 15) is 27.6 Å². The number of amides is 2. The summed E-state index contributed by atoms with van der Waals surface area (Å²) in [5, 5.41) is 0. The van der Waals surface area contributed by atoms with E-state index in [1.54, 1.807) is 41.0 Å². The molecule has 2 spiro atoms. The number of fused-ring (bicyclic) bond motifs is 4. The maximum Gasteiger partial charge on any atom is 0.339 e. The molecule has 3 aromatic rings. The van der Waals surface area contributed by atoms with Gasteiger partial charge in [-0.1, -0.05) is 55.8 Å². The van der Waals surface area contributed by atoms with E-state index in [0.717, 1.165) is 36.2 Å². The average molecular weight is 875 g/mol. The molecule has 0 radical (unpaired) electrons. The van der Waals surface area contributed by atoms with E-state index in [2.05, 4.69) is 22.0 Å². The Morgan fingerprint density at radius 3 is 2.44 bits per heavy atom. The summed E-state index contributed by atoms with van der Waals surface area (Å²) in [4.78, 5) is 64.6. The summed E-state index contributed by atoms with van der Waals surface area (Å²) < 4.78 is 53.9. The van der Waals surface area contributed by atoms with Gasteiger partial charge in [-0.05, 0) is 74.4 Å². The lowest BCUT2D eigenvalue weighted by molar-refractivity contribution is -0.207. The number of allylic oxidation sites excluding steroid dienone is 2. The number of para-hydroxylation sites is 1. The van der Waals surface area contributed by atoms with Crippen LogP contribution >= 0.6 is 0 Å². The quantitative estimate of drug-likeness (QED) is 0.111. The fraction of sp³-hybridized carbons (Fsp3) is 0.458. The van der Waals surface area contributed by atoms with Crippen LogP contribution in [0.5, 0.6) is 17.2 Å². The number of rotatable bonds is 8. The minimum Gasteiger partial charge on any atom is -0.491 e. The van der Waals surface area contributed by atoms with Gasteiger partial charge in [0.05, 0.1) is 52.9 Å². The molecule has 11 rings (SSSR count). The lowest BCUT2D eigenvalue weighted by Crippen LogP contribution is -2.71. The summed E-state index contributed by atoms with van der Waals surface area (Å²) in [5.74, 6) is -0.932. The number of piperidine rings is 1. The van der Waals surface area contributed by atoms with Crippen LogP contribution in [0.3, 0.4) is 0 Å². The van der Waals surface area contributed by atoms with Crippen LogP contribution in [0.25, 0.3) is 0 Å². The molecule has 7 aliphatic heterocycles. The third kappa shape index (κ3) is 4.84. The molecule has 15 heteroatoms. The minimum atomic E-state index is -4.38. The Balaban J connectivity index is 1.24. The highest BCUT2D eigenvalue weighted by atomic mass is 32.2. The number of ether oxygens (including phenoxy) is 3. The molecule has 0 N–H and O–H groups in total. The number of hydrogen-bond acceptors (Lipinski definition) is 12. The molecule has 14 nitrogen and oxygen atoms in total. The van der Waals surface area contributed by atoms with Crippen LogP contribution in [-0.2, 0) is 44.9 Å². The first-order valence-corrected chi connectivity index (χ1v) is 23.5. The van der Waals surface area contributed by atoms with Gasteiger partial charge < -0.3 is 28.2 Å². The van der Waals surface area contributed by atoms with Crippen LogP contribution in [0.15, 0.2) is 77.0 Å². The molecule has 0 unspecified atom stereocenters. The SMILES string of the molecule is CCC(=O)Oc1c([C@]23CCN(C)C4=C2N(C(=O)CC4)c2c(OS(=O)(=O)c4ccc(C)cc4)cccc23)cc2c(c1OC)N(C(=O)CC)[C@@H]1C=C[C@@]34CCCN5CC[C@@]21[C@]53OC(=O)C4. The number of esters is 2. The number of nitrogens with zero attached hydrogens (tertiary/aromatic N) is 4. The number of benzene rings is 3. The first kappa shape index (κ1) is 40.1. The Kier molecular flexibility index (Phi) is 8.55. The van der Waals surface area contributed by atoms with Gasteiger partial charge in [-0.15, -0.1) is 0 Å². The van der Waals surface area contributed by atoms with Crippen molar-refractivity contribution in [3.05, 3.63) is 94.3 Å². The van der Waals surface area contributed by atoms with Crippen molar-refractivity contribution in [3.8, 4) is 17.2 Å². The molecule has 7 heterocycles. The van der Waals surface area contributed by atoms with E-state index in [0.29, 0.717) is 60.6 Å². The van der Waals surface area contributed by atoms with Crippen molar-refractivity contribution >= 4 is 45.2 Å². The molecule has 3 aromatic carbocycles. The van der Waals surface area contributed by atoms with Crippen molar-refractivity contribution in [2.24, 2.45) is 5.41 Å². The van der Waals surface area contributed by atoms with E-state index in [4.69, 9.17) is 18.4 Å². The summed E-state index contributed by atoms with van der Waals surface area (Å²) in [5.41, 5.74) is 1.11. The van der Waals surface area contributed by atoms with Gasteiger partial charge in [0.1, 0.15) is 4.90 Å². The fourth-order valence-corrected chi connectivity index (χ4v) is 14.0. The van der Waals surface area contributed by atoms with Crippen LogP contribution in [0.1, 0.15) is 93.9 Å². The number of hydrogen-bond donors (Lipinski definition) is 0. The third-order valence-corrected chi connectivity index (χ3v) is 16.8. The zero-order chi connectivity index (χ0) is 44.0. The highest BCUT2D eigenvalue weighted by Gasteiger charge is 2.81. The Bertz CT molecular complexity index is 2770. The van der Waals surface area contributed by atoms with Crippen LogP contribution in [-0.4, -0.2) is 87.5 Å². The average Bonchev–Trinajstić information content (AvgIpc) is 3.97. The smallest absolute Gasteiger partial charge is 0.339 e. The first-order valence-electron chi connectivity index (χ1n) is 22.1. The van der Waals surface area contributed by atoms with Gasteiger partial charge in [-0.3, -0.25) is 29.0 Å². The predicted octanol–water partition coefficient (Wildman–Crippen LogP) is 6.12. The van der Waals surface area contributed by atoms with Gasteiger partial charge in [0, 0.05) is 57.2 Å². The Labute approximate surface area is 366 Å².